The highest BCUT2D eigenvalue weighted by Gasteiger charge is 2.23. The lowest BCUT2D eigenvalue weighted by molar-refractivity contribution is -0.132. The molecule has 1 heterocycles. The number of amides is 3. The minimum Gasteiger partial charge on any atom is -0.339 e. The van der Waals surface area contributed by atoms with Crippen molar-refractivity contribution >= 4 is 11.9 Å². The highest BCUT2D eigenvalue weighted by Crippen LogP contribution is 2.10. The third kappa shape index (κ3) is 5.25. The molecule has 0 aliphatic carbocycles. The summed E-state index contributed by atoms with van der Waals surface area (Å²) in [7, 11) is 0. The molecule has 24 heavy (non-hydrogen) atoms. The Labute approximate surface area is 145 Å². The third-order valence-corrected chi connectivity index (χ3v) is 4.50. The lowest BCUT2D eigenvalue weighted by Gasteiger charge is -2.34. The molecule has 1 saturated heterocycles. The minimum absolute atomic E-state index is 0.0139. The Hall–Kier alpha value is -2.04. The van der Waals surface area contributed by atoms with Gasteiger partial charge in [0, 0.05) is 39.1 Å². The molecule has 1 aromatic rings. The predicted molar refractivity (Wildman–Crippen MR) is 96.0 cm³/mol. The molecular formula is C19H29N3O2. The van der Waals surface area contributed by atoms with Gasteiger partial charge in [-0.05, 0) is 30.4 Å². The van der Waals surface area contributed by atoms with Gasteiger partial charge in [0.1, 0.15) is 0 Å². The van der Waals surface area contributed by atoms with Crippen molar-refractivity contribution < 1.29 is 9.59 Å². The van der Waals surface area contributed by atoms with Gasteiger partial charge in [0.2, 0.25) is 5.91 Å². The van der Waals surface area contributed by atoms with Crippen LogP contribution in [-0.4, -0.2) is 54.5 Å². The molecule has 1 aliphatic rings. The normalized spacial score (nSPS) is 14.6. The molecule has 0 spiro atoms. The van der Waals surface area contributed by atoms with Crippen LogP contribution in [0.4, 0.5) is 4.79 Å². The molecule has 132 valence electrons. The molecule has 2 rings (SSSR count). The Morgan fingerprint density at radius 1 is 0.958 bits per heavy atom. The standard InChI is InChI=1S/C19H29N3O2/c1-3-11-20-19(24)22-14-12-21(13-15-22)18(23)10-9-17-7-5-16(4-2)6-8-17/h5-8H,3-4,9-15H2,1-2H3,(H,20,24). The zero-order valence-electron chi connectivity index (χ0n) is 14.9. The molecule has 0 bridgehead atoms. The first kappa shape index (κ1) is 18.3. The van der Waals surface area contributed by atoms with Gasteiger partial charge in [-0.25, -0.2) is 4.79 Å². The van der Waals surface area contributed by atoms with E-state index >= 15 is 0 Å². The minimum atomic E-state index is -0.0139. The molecule has 5 nitrogen and oxygen atoms in total. The number of carbonyl (C=O) groups excluding carboxylic acids is 2. The van der Waals surface area contributed by atoms with Crippen molar-refractivity contribution in [3.8, 4) is 0 Å². The van der Waals surface area contributed by atoms with Crippen LogP contribution in [0.2, 0.25) is 0 Å². The number of aryl methyl sites for hydroxylation is 2. The van der Waals surface area contributed by atoms with Crippen LogP contribution in [0.15, 0.2) is 24.3 Å². The van der Waals surface area contributed by atoms with Gasteiger partial charge < -0.3 is 15.1 Å². The summed E-state index contributed by atoms with van der Waals surface area (Å²) in [5.41, 5.74) is 2.53. The number of nitrogens with zero attached hydrogens (tertiary/aromatic N) is 2. The van der Waals surface area contributed by atoms with Crippen molar-refractivity contribution in [2.45, 2.75) is 39.5 Å². The molecule has 1 fully saturated rings. The second kappa shape index (κ2) is 9.30. The summed E-state index contributed by atoms with van der Waals surface area (Å²) in [5, 5.41) is 2.89. The van der Waals surface area contributed by atoms with Crippen molar-refractivity contribution in [3.05, 3.63) is 35.4 Å². The molecule has 3 amide bonds. The van der Waals surface area contributed by atoms with Gasteiger partial charge in [-0.1, -0.05) is 38.1 Å². The first-order valence-corrected chi connectivity index (χ1v) is 9.02. The lowest BCUT2D eigenvalue weighted by atomic mass is 10.1. The van der Waals surface area contributed by atoms with E-state index in [1.807, 2.05) is 11.8 Å². The van der Waals surface area contributed by atoms with E-state index in [9.17, 15) is 9.59 Å². The van der Waals surface area contributed by atoms with E-state index in [0.717, 1.165) is 19.3 Å². The van der Waals surface area contributed by atoms with E-state index in [1.54, 1.807) is 4.90 Å². The Morgan fingerprint density at radius 3 is 2.12 bits per heavy atom. The SMILES string of the molecule is CCCNC(=O)N1CCN(C(=O)CCc2ccc(CC)cc2)CC1. The number of carbonyl (C=O) groups is 2. The van der Waals surface area contributed by atoms with Crippen LogP contribution in [-0.2, 0) is 17.6 Å². The van der Waals surface area contributed by atoms with Gasteiger partial charge in [-0.2, -0.15) is 0 Å². The van der Waals surface area contributed by atoms with Gasteiger partial charge in [-0.15, -0.1) is 0 Å². The van der Waals surface area contributed by atoms with Crippen molar-refractivity contribution in [2.24, 2.45) is 0 Å². The molecule has 1 aliphatic heterocycles. The van der Waals surface area contributed by atoms with Crippen LogP contribution in [0, 0.1) is 0 Å². The van der Waals surface area contributed by atoms with E-state index in [2.05, 4.69) is 36.5 Å². The fraction of sp³-hybridized carbons (Fsp3) is 0.579. The molecule has 0 unspecified atom stereocenters. The van der Waals surface area contributed by atoms with Gasteiger partial charge in [-0.3, -0.25) is 4.79 Å². The van der Waals surface area contributed by atoms with Crippen LogP contribution in [0.5, 0.6) is 0 Å². The van der Waals surface area contributed by atoms with Gasteiger partial charge in [0.25, 0.3) is 0 Å². The smallest absolute Gasteiger partial charge is 0.317 e. The highest BCUT2D eigenvalue weighted by atomic mass is 16.2. The molecule has 0 saturated carbocycles. The number of nitrogens with one attached hydrogen (secondary N) is 1. The second-order valence-electron chi connectivity index (χ2n) is 6.27. The number of benzene rings is 1. The molecule has 0 aromatic heterocycles. The molecule has 1 N–H and O–H groups in total. The van der Waals surface area contributed by atoms with Crippen LogP contribution < -0.4 is 5.32 Å². The second-order valence-corrected chi connectivity index (χ2v) is 6.27. The summed E-state index contributed by atoms with van der Waals surface area (Å²) in [6.45, 7) is 7.38. The van der Waals surface area contributed by atoms with E-state index in [1.165, 1.54) is 11.1 Å². The maximum absolute atomic E-state index is 12.3. The number of hydrogen-bond acceptors (Lipinski definition) is 2. The average Bonchev–Trinajstić information content (AvgIpc) is 2.64. The number of hydrogen-bond donors (Lipinski definition) is 1. The largest absolute Gasteiger partial charge is 0.339 e. The molecule has 0 atom stereocenters. The summed E-state index contributed by atoms with van der Waals surface area (Å²) < 4.78 is 0. The fourth-order valence-corrected chi connectivity index (χ4v) is 2.85. The van der Waals surface area contributed by atoms with Gasteiger partial charge in [0.15, 0.2) is 0 Å². The van der Waals surface area contributed by atoms with Crippen LogP contribution in [0.3, 0.4) is 0 Å². The molecular weight excluding hydrogens is 302 g/mol. The predicted octanol–water partition coefficient (Wildman–Crippen LogP) is 2.45. The van der Waals surface area contributed by atoms with Crippen LogP contribution in [0.25, 0.3) is 0 Å². The summed E-state index contributed by atoms with van der Waals surface area (Å²) in [6, 6.07) is 8.48. The Kier molecular flexibility index (Phi) is 7.09. The quantitative estimate of drug-likeness (QED) is 0.870. The molecule has 5 heteroatoms. The van der Waals surface area contributed by atoms with E-state index < -0.39 is 0 Å². The van der Waals surface area contributed by atoms with E-state index in [0.29, 0.717) is 39.1 Å². The maximum atomic E-state index is 12.3. The maximum Gasteiger partial charge on any atom is 0.317 e. The first-order chi connectivity index (χ1) is 11.6. The van der Waals surface area contributed by atoms with Crippen LogP contribution in [0.1, 0.15) is 37.8 Å². The van der Waals surface area contributed by atoms with Crippen molar-refractivity contribution in [1.82, 2.24) is 15.1 Å². The summed E-state index contributed by atoms with van der Waals surface area (Å²) >= 11 is 0. The number of rotatable bonds is 6. The first-order valence-electron chi connectivity index (χ1n) is 9.02. The zero-order chi connectivity index (χ0) is 17.4. The molecule has 1 aromatic carbocycles. The highest BCUT2D eigenvalue weighted by molar-refractivity contribution is 5.78. The van der Waals surface area contributed by atoms with Crippen molar-refractivity contribution in [3.63, 3.8) is 0 Å². The van der Waals surface area contributed by atoms with E-state index in [4.69, 9.17) is 0 Å². The zero-order valence-corrected chi connectivity index (χ0v) is 14.9. The average molecular weight is 331 g/mol. The Balaban J connectivity index is 1.73. The van der Waals surface area contributed by atoms with Crippen LogP contribution >= 0.6 is 0 Å². The Bertz CT molecular complexity index is 534. The monoisotopic (exact) mass is 331 g/mol. The van der Waals surface area contributed by atoms with Crippen molar-refractivity contribution in [2.75, 3.05) is 32.7 Å². The number of piperazine rings is 1. The van der Waals surface area contributed by atoms with Gasteiger partial charge >= 0.3 is 6.03 Å². The lowest BCUT2D eigenvalue weighted by Crippen LogP contribution is -2.53. The fourth-order valence-electron chi connectivity index (χ4n) is 2.85. The molecule has 0 radical (unpaired) electrons. The summed E-state index contributed by atoms with van der Waals surface area (Å²) in [6.07, 6.45) is 3.28. The summed E-state index contributed by atoms with van der Waals surface area (Å²) in [5.74, 6) is 0.184. The topological polar surface area (TPSA) is 52.7 Å². The third-order valence-electron chi connectivity index (χ3n) is 4.50. The van der Waals surface area contributed by atoms with E-state index in [-0.39, 0.29) is 11.9 Å². The number of urea groups is 1. The van der Waals surface area contributed by atoms with Crippen molar-refractivity contribution in [1.29, 1.82) is 0 Å². The summed E-state index contributed by atoms with van der Waals surface area (Å²) in [4.78, 5) is 27.9. The van der Waals surface area contributed by atoms with Gasteiger partial charge in [0.05, 0.1) is 0 Å². The Morgan fingerprint density at radius 2 is 1.54 bits per heavy atom.